The van der Waals surface area contributed by atoms with Crippen molar-refractivity contribution >= 4 is 15.9 Å². The highest BCUT2D eigenvalue weighted by Gasteiger charge is 2.16. The van der Waals surface area contributed by atoms with Crippen molar-refractivity contribution in [1.82, 2.24) is 10.1 Å². The van der Waals surface area contributed by atoms with E-state index < -0.39 is 0 Å². The zero-order valence-electron chi connectivity index (χ0n) is 9.92. The number of phenols is 1. The summed E-state index contributed by atoms with van der Waals surface area (Å²) in [7, 11) is 0. The molecule has 0 amide bonds. The number of benzene rings is 1. The molecule has 0 saturated heterocycles. The lowest BCUT2D eigenvalue weighted by Crippen LogP contribution is -1.82. The van der Waals surface area contributed by atoms with Crippen LogP contribution in [0.1, 0.15) is 5.76 Å². The summed E-state index contributed by atoms with van der Waals surface area (Å²) in [5, 5.41) is 13.8. The fourth-order valence-electron chi connectivity index (χ4n) is 1.74. The van der Waals surface area contributed by atoms with Crippen LogP contribution in [-0.4, -0.2) is 15.2 Å². The summed E-state index contributed by atoms with van der Waals surface area (Å²) in [4.78, 5) is 4.26. The van der Waals surface area contributed by atoms with Crippen molar-refractivity contribution in [2.24, 2.45) is 0 Å². The fourth-order valence-corrected chi connectivity index (χ4v) is 2.09. The first-order chi connectivity index (χ1) is 9.15. The van der Waals surface area contributed by atoms with Gasteiger partial charge in [-0.3, -0.25) is 0 Å². The van der Waals surface area contributed by atoms with Crippen molar-refractivity contribution in [3.05, 3.63) is 40.8 Å². The number of hydrogen-bond donors (Lipinski definition) is 1. The molecule has 0 aliphatic carbocycles. The number of rotatable bonds is 2. The first-order valence-corrected chi connectivity index (χ1v) is 6.31. The molecule has 0 spiro atoms. The third kappa shape index (κ3) is 2.15. The Kier molecular flexibility index (Phi) is 2.87. The standard InChI is InChI=1S/C13H9BrN2O3/c1-7-9(4-5-18-7)12-15-13(19-16-12)10-3-2-8(14)6-11(10)17/h2-6,17H,1H3. The number of halogens is 1. The molecule has 19 heavy (non-hydrogen) atoms. The minimum atomic E-state index is 0.0773. The van der Waals surface area contributed by atoms with Gasteiger partial charge in [-0.2, -0.15) is 4.98 Å². The van der Waals surface area contributed by atoms with Crippen molar-refractivity contribution in [1.29, 1.82) is 0 Å². The maximum Gasteiger partial charge on any atom is 0.262 e. The van der Waals surface area contributed by atoms with E-state index in [1.165, 1.54) is 0 Å². The Balaban J connectivity index is 2.04. The molecular weight excluding hydrogens is 312 g/mol. The first kappa shape index (κ1) is 12.0. The molecule has 3 rings (SSSR count). The monoisotopic (exact) mass is 320 g/mol. The van der Waals surface area contributed by atoms with Crippen molar-refractivity contribution in [2.75, 3.05) is 0 Å². The highest BCUT2D eigenvalue weighted by molar-refractivity contribution is 9.10. The summed E-state index contributed by atoms with van der Waals surface area (Å²) >= 11 is 3.28. The zero-order valence-corrected chi connectivity index (χ0v) is 11.5. The van der Waals surface area contributed by atoms with E-state index in [1.807, 2.05) is 6.92 Å². The molecule has 0 aliphatic heterocycles. The number of aromatic nitrogens is 2. The fraction of sp³-hybridized carbons (Fsp3) is 0.0769. The van der Waals surface area contributed by atoms with Crippen LogP contribution in [0, 0.1) is 6.92 Å². The molecule has 3 aromatic rings. The van der Waals surface area contributed by atoms with Crippen molar-refractivity contribution in [3.8, 4) is 28.6 Å². The lowest BCUT2D eigenvalue weighted by molar-refractivity contribution is 0.425. The van der Waals surface area contributed by atoms with E-state index in [9.17, 15) is 5.11 Å². The number of nitrogens with zero attached hydrogens (tertiary/aromatic N) is 2. The largest absolute Gasteiger partial charge is 0.507 e. The molecule has 0 saturated carbocycles. The maximum absolute atomic E-state index is 9.86. The highest BCUT2D eigenvalue weighted by Crippen LogP contribution is 2.32. The Bertz CT molecular complexity index is 733. The Morgan fingerprint density at radius 3 is 2.74 bits per heavy atom. The molecule has 96 valence electrons. The van der Waals surface area contributed by atoms with E-state index in [0.717, 1.165) is 10.0 Å². The average Bonchev–Trinajstić information content (AvgIpc) is 2.97. The van der Waals surface area contributed by atoms with Crippen LogP contribution in [0.2, 0.25) is 0 Å². The molecule has 2 aromatic heterocycles. The van der Waals surface area contributed by atoms with Gasteiger partial charge in [0.25, 0.3) is 5.89 Å². The van der Waals surface area contributed by atoms with Crippen LogP contribution in [0.3, 0.4) is 0 Å². The average molecular weight is 321 g/mol. The molecule has 0 bridgehead atoms. The lowest BCUT2D eigenvalue weighted by Gasteiger charge is -1.98. The molecule has 0 unspecified atom stereocenters. The Morgan fingerprint density at radius 1 is 1.21 bits per heavy atom. The van der Waals surface area contributed by atoms with Gasteiger partial charge in [-0.05, 0) is 31.2 Å². The molecule has 5 nitrogen and oxygen atoms in total. The summed E-state index contributed by atoms with van der Waals surface area (Å²) in [6.07, 6.45) is 1.57. The number of hydrogen-bond acceptors (Lipinski definition) is 5. The van der Waals surface area contributed by atoms with E-state index in [0.29, 0.717) is 17.1 Å². The van der Waals surface area contributed by atoms with Gasteiger partial charge in [0.05, 0.1) is 17.4 Å². The normalized spacial score (nSPS) is 10.8. The van der Waals surface area contributed by atoms with Gasteiger partial charge in [-0.1, -0.05) is 21.1 Å². The van der Waals surface area contributed by atoms with Crippen LogP contribution < -0.4 is 0 Å². The summed E-state index contributed by atoms with van der Waals surface area (Å²) < 4.78 is 11.1. The predicted octanol–water partition coefficient (Wildman–Crippen LogP) is 3.77. The maximum atomic E-state index is 9.86. The van der Waals surface area contributed by atoms with E-state index in [-0.39, 0.29) is 11.6 Å². The minimum Gasteiger partial charge on any atom is -0.507 e. The van der Waals surface area contributed by atoms with Gasteiger partial charge in [0.15, 0.2) is 0 Å². The van der Waals surface area contributed by atoms with Crippen molar-refractivity contribution in [2.45, 2.75) is 6.92 Å². The smallest absolute Gasteiger partial charge is 0.262 e. The van der Waals surface area contributed by atoms with Gasteiger partial charge < -0.3 is 14.0 Å². The Labute approximate surface area is 117 Å². The van der Waals surface area contributed by atoms with Gasteiger partial charge in [-0.25, -0.2) is 0 Å². The van der Waals surface area contributed by atoms with Gasteiger partial charge in [0.2, 0.25) is 5.82 Å². The van der Waals surface area contributed by atoms with Crippen LogP contribution in [0.5, 0.6) is 5.75 Å². The summed E-state index contributed by atoms with van der Waals surface area (Å²) in [6, 6.07) is 6.84. The van der Waals surface area contributed by atoms with E-state index in [2.05, 4.69) is 26.1 Å². The van der Waals surface area contributed by atoms with Gasteiger partial charge in [-0.15, -0.1) is 0 Å². The zero-order chi connectivity index (χ0) is 13.4. The quantitative estimate of drug-likeness (QED) is 0.778. The summed E-state index contributed by atoms with van der Waals surface area (Å²) in [5.74, 6) is 1.49. The molecule has 0 atom stereocenters. The number of furan rings is 1. The van der Waals surface area contributed by atoms with Crippen LogP contribution in [0.15, 0.2) is 43.9 Å². The molecule has 2 heterocycles. The molecule has 0 fully saturated rings. The van der Waals surface area contributed by atoms with Gasteiger partial charge in [0.1, 0.15) is 11.5 Å². The molecule has 0 radical (unpaired) electrons. The molecule has 0 aliphatic rings. The first-order valence-electron chi connectivity index (χ1n) is 5.52. The number of phenolic OH excluding ortho intramolecular Hbond substituents is 1. The third-order valence-corrected chi connectivity index (χ3v) is 3.21. The van der Waals surface area contributed by atoms with E-state index >= 15 is 0 Å². The lowest BCUT2D eigenvalue weighted by atomic mass is 10.2. The van der Waals surface area contributed by atoms with Gasteiger partial charge >= 0.3 is 0 Å². The van der Waals surface area contributed by atoms with Crippen LogP contribution in [0.25, 0.3) is 22.8 Å². The Hall–Kier alpha value is -2.08. The molecule has 6 heteroatoms. The van der Waals surface area contributed by atoms with Crippen LogP contribution in [-0.2, 0) is 0 Å². The third-order valence-electron chi connectivity index (χ3n) is 2.72. The van der Waals surface area contributed by atoms with Crippen LogP contribution in [0.4, 0.5) is 0 Å². The molecular formula is C13H9BrN2O3. The SMILES string of the molecule is Cc1occc1-c1noc(-c2ccc(Br)cc2O)n1. The van der Waals surface area contributed by atoms with E-state index in [1.54, 1.807) is 30.5 Å². The summed E-state index contributed by atoms with van der Waals surface area (Å²) in [5.41, 5.74) is 1.26. The van der Waals surface area contributed by atoms with E-state index in [4.69, 9.17) is 8.94 Å². The molecule has 1 N–H and O–H groups in total. The summed E-state index contributed by atoms with van der Waals surface area (Å²) in [6.45, 7) is 1.82. The number of aromatic hydroxyl groups is 1. The highest BCUT2D eigenvalue weighted by atomic mass is 79.9. The topological polar surface area (TPSA) is 72.3 Å². The van der Waals surface area contributed by atoms with Crippen LogP contribution >= 0.6 is 15.9 Å². The second-order valence-electron chi connectivity index (χ2n) is 3.98. The minimum absolute atomic E-state index is 0.0773. The van der Waals surface area contributed by atoms with Gasteiger partial charge in [0, 0.05) is 4.47 Å². The second kappa shape index (κ2) is 4.55. The van der Waals surface area contributed by atoms with Crippen molar-refractivity contribution < 1.29 is 14.0 Å². The molecule has 1 aromatic carbocycles. The number of aryl methyl sites for hydroxylation is 1. The second-order valence-corrected chi connectivity index (χ2v) is 4.89. The Morgan fingerprint density at radius 2 is 2.05 bits per heavy atom. The van der Waals surface area contributed by atoms with Crippen molar-refractivity contribution in [3.63, 3.8) is 0 Å². The predicted molar refractivity (Wildman–Crippen MR) is 71.5 cm³/mol.